The number of benzene rings is 1. The molecule has 0 aliphatic rings. The number of rotatable bonds is 23. The molecule has 1 atom stereocenters. The van der Waals surface area contributed by atoms with E-state index >= 15 is 0 Å². The minimum atomic E-state index is -1.72. The molecular weight excluding hydrogens is 999 g/mol. The van der Waals surface area contributed by atoms with Gasteiger partial charge in [-0.05, 0) is 164 Å². The Hall–Kier alpha value is -6.81. The Morgan fingerprint density at radius 3 is 0.818 bits per heavy atom. The normalized spacial score (nSPS) is 13.8. The van der Waals surface area contributed by atoms with Gasteiger partial charge in [0.25, 0.3) is 0 Å². The molecule has 1 aromatic rings. The largest absolute Gasteiger partial charge is 0.458 e. The Balaban J connectivity index is 3.01. The summed E-state index contributed by atoms with van der Waals surface area (Å²) in [4.78, 5) is 149. The van der Waals surface area contributed by atoms with Crippen molar-refractivity contribution in [3.8, 4) is 0 Å². The minimum absolute atomic E-state index is 0.0400. The Labute approximate surface area is 454 Å². The molecular formula is C54H90N10O13. The fourth-order valence-electron chi connectivity index (χ4n) is 6.28. The van der Waals surface area contributed by atoms with Crippen LogP contribution in [0, 0.1) is 5.92 Å². The van der Waals surface area contributed by atoms with Gasteiger partial charge in [0, 0.05) is 0 Å². The maximum atomic E-state index is 13.8. The lowest BCUT2D eigenvalue weighted by atomic mass is 9.86. The molecule has 0 aliphatic carbocycles. The number of amides is 10. The zero-order valence-electron chi connectivity index (χ0n) is 50.0. The van der Waals surface area contributed by atoms with Crippen molar-refractivity contribution in [2.24, 2.45) is 5.92 Å². The first kappa shape index (κ1) is 68.2. The standard InChI is InChI=1S/C54H90N10O13/c1-31(2)54(24,64-43(75)76-30-32-28-26-25-27-29-32)41(73)63-52(20,21)39(71)61-50(16,17)37(69)59-48(12,13)35(67)57-46(8,9)33(65)55-45(6,7)34(66)56-47(10,11)36(68)58-49(14,15)38(70)60-51(18,19)40(72)62-53(22,23)42(74)77-44(3,4)5/h25-29,31H,30H2,1-24H3,(H,55,65)(H,56,66)(H,57,67)(H,58,68)(H,59,69)(H,60,70)(H,61,71)(H,62,72)(H,63,73)(H,64,75)/t54-/m0/s1/i6+1,7+1. The molecule has 0 unspecified atom stereocenters. The third kappa shape index (κ3) is 19.3. The smallest absolute Gasteiger partial charge is 0.408 e. The van der Waals surface area contributed by atoms with Gasteiger partial charge in [0.2, 0.25) is 53.2 Å². The molecule has 23 heteroatoms. The second kappa shape index (κ2) is 23.8. The molecule has 0 aliphatic heterocycles. The number of ether oxygens (including phenoxy) is 2. The van der Waals surface area contributed by atoms with Crippen molar-refractivity contribution in [2.75, 3.05) is 0 Å². The fraction of sp³-hybridized carbons (Fsp3) is 0.685. The molecule has 0 aromatic heterocycles. The maximum Gasteiger partial charge on any atom is 0.408 e. The molecule has 0 saturated carbocycles. The highest BCUT2D eigenvalue weighted by Gasteiger charge is 2.48. The molecule has 77 heavy (non-hydrogen) atoms. The van der Waals surface area contributed by atoms with Crippen LogP contribution < -0.4 is 53.2 Å². The summed E-state index contributed by atoms with van der Waals surface area (Å²) < 4.78 is 10.7. The van der Waals surface area contributed by atoms with Gasteiger partial charge in [-0.3, -0.25) is 43.2 Å². The molecule has 0 spiro atoms. The minimum Gasteiger partial charge on any atom is -0.458 e. The zero-order chi connectivity index (χ0) is 60.7. The molecule has 0 radical (unpaired) electrons. The third-order valence-corrected chi connectivity index (χ3v) is 12.5. The summed E-state index contributed by atoms with van der Waals surface area (Å²) in [6.45, 7) is 34.9. The molecule has 1 rings (SSSR count). The van der Waals surface area contributed by atoms with Crippen LogP contribution in [0.2, 0.25) is 0 Å². The molecule has 23 nitrogen and oxygen atoms in total. The molecule has 0 bridgehead atoms. The van der Waals surface area contributed by atoms with Crippen LogP contribution in [0.25, 0.3) is 0 Å². The van der Waals surface area contributed by atoms with E-state index in [-0.39, 0.29) is 6.61 Å². The molecule has 1 aromatic carbocycles. The van der Waals surface area contributed by atoms with Crippen LogP contribution in [-0.4, -0.2) is 126 Å². The number of carbonyl (C=O) groups is 11. The molecule has 0 heterocycles. The van der Waals surface area contributed by atoms with Crippen molar-refractivity contribution in [3.05, 3.63) is 35.9 Å². The number of carbonyl (C=O) groups excluding carboxylic acids is 11. The highest BCUT2D eigenvalue weighted by atomic mass is 16.6. The highest BCUT2D eigenvalue weighted by molar-refractivity contribution is 6.03. The number of nitrogens with one attached hydrogen (secondary N) is 10. The van der Waals surface area contributed by atoms with E-state index in [1.807, 2.05) is 6.07 Å². The lowest BCUT2D eigenvalue weighted by molar-refractivity contribution is -0.163. The van der Waals surface area contributed by atoms with Gasteiger partial charge in [-0.1, -0.05) is 44.2 Å². The van der Waals surface area contributed by atoms with Crippen LogP contribution >= 0.6 is 0 Å². The first-order chi connectivity index (χ1) is 34.2. The van der Waals surface area contributed by atoms with Gasteiger partial charge in [-0.2, -0.15) is 0 Å². The van der Waals surface area contributed by atoms with Gasteiger partial charge in [-0.25, -0.2) is 9.59 Å². The van der Waals surface area contributed by atoms with E-state index in [9.17, 15) is 52.7 Å². The van der Waals surface area contributed by atoms with E-state index in [1.54, 1.807) is 58.9 Å². The summed E-state index contributed by atoms with van der Waals surface area (Å²) in [6.07, 6.45) is -0.852. The molecule has 10 amide bonds. The summed E-state index contributed by atoms with van der Waals surface area (Å²) in [7, 11) is 0. The summed E-state index contributed by atoms with van der Waals surface area (Å²) in [6, 6.07) is 8.95. The topological polar surface area (TPSA) is 327 Å². The van der Waals surface area contributed by atoms with E-state index in [0.717, 1.165) is 5.56 Å². The SMILES string of the molecule is CC(C)[C@](C)(NC(=O)OCc1ccccc1)C(=O)NC(C)(C)C(=O)NC(C)(C)C(=O)NC(C)(C)C(=O)NC(C)(C)C(=O)NC([13CH3])([13CH3])C(=O)NC(C)(C)C(=O)NC(C)(C)C(=O)NC(C)(C)C(=O)NC(C)(C)C(=O)OC(C)(C)C. The number of esters is 1. The Kier molecular flexibility index (Phi) is 21.1. The maximum absolute atomic E-state index is 13.8. The van der Waals surface area contributed by atoms with Crippen molar-refractivity contribution < 1.29 is 62.2 Å². The fourth-order valence-corrected chi connectivity index (χ4v) is 6.28. The summed E-state index contributed by atoms with van der Waals surface area (Å²) in [5.74, 6) is -8.25. The predicted molar refractivity (Wildman–Crippen MR) is 289 cm³/mol. The Morgan fingerprint density at radius 1 is 0.351 bits per heavy atom. The van der Waals surface area contributed by atoms with Crippen LogP contribution in [-0.2, 0) is 64.0 Å². The van der Waals surface area contributed by atoms with Gasteiger partial charge >= 0.3 is 12.1 Å². The molecule has 0 fully saturated rings. The summed E-state index contributed by atoms with van der Waals surface area (Å²) in [5, 5.41) is 26.0. The van der Waals surface area contributed by atoms with Gasteiger partial charge in [0.15, 0.2) is 0 Å². The van der Waals surface area contributed by atoms with Crippen molar-refractivity contribution >= 4 is 65.2 Å². The van der Waals surface area contributed by atoms with Crippen molar-refractivity contribution in [1.29, 1.82) is 0 Å². The number of hydrogen-bond donors (Lipinski definition) is 10. The van der Waals surface area contributed by atoms with Gasteiger partial charge in [0.1, 0.15) is 67.6 Å². The zero-order valence-corrected chi connectivity index (χ0v) is 50.0. The first-order valence-electron chi connectivity index (χ1n) is 25.4. The van der Waals surface area contributed by atoms with Crippen molar-refractivity contribution in [1.82, 2.24) is 53.2 Å². The second-order valence-electron chi connectivity index (χ2n) is 25.8. The van der Waals surface area contributed by atoms with E-state index < -0.39 is 132 Å². The van der Waals surface area contributed by atoms with Crippen LogP contribution in [0.3, 0.4) is 0 Å². The highest BCUT2D eigenvalue weighted by Crippen LogP contribution is 2.22. The monoisotopic (exact) mass is 1090 g/mol. The van der Waals surface area contributed by atoms with E-state index in [1.165, 1.54) is 132 Å². The van der Waals surface area contributed by atoms with Crippen LogP contribution in [0.1, 0.15) is 172 Å². The first-order valence-corrected chi connectivity index (χ1v) is 25.4. The van der Waals surface area contributed by atoms with Crippen LogP contribution in [0.5, 0.6) is 0 Å². The van der Waals surface area contributed by atoms with Crippen molar-refractivity contribution in [2.45, 2.75) is 234 Å². The number of alkyl carbamates (subject to hydrolysis) is 1. The van der Waals surface area contributed by atoms with E-state index in [0.29, 0.717) is 0 Å². The molecule has 0 saturated heterocycles. The molecule has 434 valence electrons. The number of hydrogen-bond acceptors (Lipinski definition) is 13. The second-order valence-corrected chi connectivity index (χ2v) is 25.8. The summed E-state index contributed by atoms with van der Waals surface area (Å²) in [5.41, 5.74) is -16.5. The Morgan fingerprint density at radius 2 is 0.584 bits per heavy atom. The lowest BCUT2D eigenvalue weighted by Gasteiger charge is -2.38. The lowest BCUT2D eigenvalue weighted by Crippen LogP contribution is -2.70. The Bertz CT molecular complexity index is 2430. The third-order valence-electron chi connectivity index (χ3n) is 12.5. The van der Waals surface area contributed by atoms with Crippen LogP contribution in [0.15, 0.2) is 30.3 Å². The summed E-state index contributed by atoms with van der Waals surface area (Å²) >= 11 is 0. The van der Waals surface area contributed by atoms with Gasteiger partial charge in [-0.15, -0.1) is 0 Å². The quantitative estimate of drug-likeness (QED) is 0.0558. The average molecular weight is 1090 g/mol. The predicted octanol–water partition coefficient (Wildman–Crippen LogP) is 2.72. The van der Waals surface area contributed by atoms with Crippen molar-refractivity contribution in [3.63, 3.8) is 0 Å². The van der Waals surface area contributed by atoms with E-state index in [4.69, 9.17) is 9.47 Å². The van der Waals surface area contributed by atoms with Gasteiger partial charge < -0.3 is 62.6 Å². The molecule has 10 N–H and O–H groups in total. The van der Waals surface area contributed by atoms with E-state index in [2.05, 4.69) is 53.2 Å². The van der Waals surface area contributed by atoms with Gasteiger partial charge in [0.05, 0.1) is 0 Å². The average Bonchev–Trinajstić information content (AvgIpc) is 3.23. The van der Waals surface area contributed by atoms with Crippen LogP contribution in [0.4, 0.5) is 4.79 Å².